The highest BCUT2D eigenvalue weighted by molar-refractivity contribution is 5.85. The molecule has 5 nitrogen and oxygen atoms in total. The summed E-state index contributed by atoms with van der Waals surface area (Å²) in [6.07, 6.45) is 3.66. The highest BCUT2D eigenvalue weighted by Crippen LogP contribution is 2.23. The molecule has 1 saturated heterocycles. The molecule has 2 unspecified atom stereocenters. The number of halogens is 1. The number of rotatable bonds is 3. The zero-order valence-electron chi connectivity index (χ0n) is 12.9. The van der Waals surface area contributed by atoms with Gasteiger partial charge in [-0.3, -0.25) is 4.90 Å². The van der Waals surface area contributed by atoms with Gasteiger partial charge in [0.25, 0.3) is 0 Å². The van der Waals surface area contributed by atoms with Gasteiger partial charge in [-0.15, -0.1) is 12.4 Å². The van der Waals surface area contributed by atoms with Gasteiger partial charge in [-0.05, 0) is 26.3 Å². The number of nitrogens with zero attached hydrogens (tertiary/aromatic N) is 3. The van der Waals surface area contributed by atoms with Crippen LogP contribution in [0.15, 0.2) is 4.52 Å². The molecule has 2 N–H and O–H groups in total. The van der Waals surface area contributed by atoms with Crippen LogP contribution < -0.4 is 5.73 Å². The van der Waals surface area contributed by atoms with Crippen molar-refractivity contribution < 1.29 is 4.52 Å². The largest absolute Gasteiger partial charge is 0.339 e. The Morgan fingerprint density at radius 2 is 2.10 bits per heavy atom. The quantitative estimate of drug-likeness (QED) is 0.929. The summed E-state index contributed by atoms with van der Waals surface area (Å²) in [6, 6.07) is 0.625. The van der Waals surface area contributed by atoms with Crippen LogP contribution >= 0.6 is 12.4 Å². The first-order valence-electron chi connectivity index (χ1n) is 7.20. The summed E-state index contributed by atoms with van der Waals surface area (Å²) in [4.78, 5) is 6.90. The Kier molecular flexibility index (Phi) is 5.98. The van der Waals surface area contributed by atoms with Crippen molar-refractivity contribution in [1.29, 1.82) is 0 Å². The standard InChI is InChI=1S/C14H26N4O.ClH/c1-10(15)11-7-5-6-8-18(11)9-12-16-13(19-17-12)14(2,3)4;/h10-11H,5-9,15H2,1-4H3;1H. The monoisotopic (exact) mass is 302 g/mol. The van der Waals surface area contributed by atoms with E-state index in [9.17, 15) is 0 Å². The van der Waals surface area contributed by atoms with E-state index < -0.39 is 0 Å². The molecule has 2 rings (SSSR count). The maximum absolute atomic E-state index is 6.08. The molecule has 0 bridgehead atoms. The summed E-state index contributed by atoms with van der Waals surface area (Å²) < 4.78 is 5.35. The summed E-state index contributed by atoms with van der Waals surface area (Å²) in [6.45, 7) is 10.1. The second kappa shape index (κ2) is 6.87. The lowest BCUT2D eigenvalue weighted by atomic mass is 9.96. The molecule has 2 heterocycles. The van der Waals surface area contributed by atoms with Crippen LogP contribution in [0.1, 0.15) is 58.7 Å². The molecule has 0 spiro atoms. The summed E-state index contributed by atoms with van der Waals surface area (Å²) >= 11 is 0. The van der Waals surface area contributed by atoms with Gasteiger partial charge in [-0.2, -0.15) is 4.98 Å². The van der Waals surface area contributed by atoms with Crippen LogP contribution in [0.3, 0.4) is 0 Å². The average molecular weight is 303 g/mol. The van der Waals surface area contributed by atoms with Crippen LogP contribution in [0.4, 0.5) is 0 Å². The molecule has 6 heteroatoms. The van der Waals surface area contributed by atoms with Crippen LogP contribution in [0.5, 0.6) is 0 Å². The molecule has 0 aliphatic carbocycles. The molecule has 1 aliphatic heterocycles. The van der Waals surface area contributed by atoms with Gasteiger partial charge >= 0.3 is 0 Å². The topological polar surface area (TPSA) is 68.2 Å². The number of piperidine rings is 1. The van der Waals surface area contributed by atoms with Crippen molar-refractivity contribution in [2.75, 3.05) is 6.54 Å². The minimum absolute atomic E-state index is 0. The maximum Gasteiger partial charge on any atom is 0.232 e. The van der Waals surface area contributed by atoms with Crippen molar-refractivity contribution in [1.82, 2.24) is 15.0 Å². The third-order valence-electron chi connectivity index (χ3n) is 3.73. The number of nitrogens with two attached hydrogens (primary N) is 1. The molecule has 2 atom stereocenters. The van der Waals surface area contributed by atoms with E-state index in [1.54, 1.807) is 0 Å². The van der Waals surface area contributed by atoms with Crippen molar-refractivity contribution in [2.45, 2.75) is 71.0 Å². The Balaban J connectivity index is 0.00000200. The molecule has 1 aromatic rings. The van der Waals surface area contributed by atoms with Gasteiger partial charge in [0.1, 0.15) is 0 Å². The van der Waals surface area contributed by atoms with E-state index >= 15 is 0 Å². The Hall–Kier alpha value is -0.650. The van der Waals surface area contributed by atoms with E-state index in [1.165, 1.54) is 19.3 Å². The fourth-order valence-corrected chi connectivity index (χ4v) is 2.61. The Labute approximate surface area is 127 Å². The molecule has 0 aromatic carbocycles. The van der Waals surface area contributed by atoms with Crippen LogP contribution in [0, 0.1) is 0 Å². The lowest BCUT2D eigenvalue weighted by molar-refractivity contribution is 0.118. The van der Waals surface area contributed by atoms with Gasteiger partial charge in [0, 0.05) is 17.5 Å². The normalized spacial score (nSPS) is 22.4. The Morgan fingerprint density at radius 1 is 1.40 bits per heavy atom. The summed E-state index contributed by atoms with van der Waals surface area (Å²) in [5.41, 5.74) is 5.99. The summed E-state index contributed by atoms with van der Waals surface area (Å²) in [5, 5.41) is 4.10. The third kappa shape index (κ3) is 4.17. The second-order valence-electron chi connectivity index (χ2n) is 6.66. The number of likely N-dealkylation sites (tertiary alicyclic amines) is 1. The molecule has 0 radical (unpaired) electrons. The van der Waals surface area contributed by atoms with Gasteiger partial charge in [0.05, 0.1) is 6.54 Å². The van der Waals surface area contributed by atoms with Crippen LogP contribution in [0.2, 0.25) is 0 Å². The molecular formula is C14H27ClN4O. The van der Waals surface area contributed by atoms with E-state index in [-0.39, 0.29) is 23.9 Å². The molecule has 1 aliphatic rings. The van der Waals surface area contributed by atoms with Crippen LogP contribution in [-0.4, -0.2) is 33.7 Å². The number of aromatic nitrogens is 2. The van der Waals surface area contributed by atoms with Crippen molar-refractivity contribution in [3.8, 4) is 0 Å². The first kappa shape index (κ1) is 17.4. The van der Waals surface area contributed by atoms with Crippen molar-refractivity contribution >= 4 is 12.4 Å². The maximum atomic E-state index is 6.08. The van der Waals surface area contributed by atoms with Gasteiger partial charge in [-0.25, -0.2) is 0 Å². The summed E-state index contributed by atoms with van der Waals surface area (Å²) in [5.74, 6) is 1.48. The first-order chi connectivity index (χ1) is 8.88. The van der Waals surface area contributed by atoms with Crippen LogP contribution in [0.25, 0.3) is 0 Å². The van der Waals surface area contributed by atoms with E-state index in [0.29, 0.717) is 11.9 Å². The minimum atomic E-state index is -0.0896. The fraction of sp³-hybridized carbons (Fsp3) is 0.857. The molecule has 20 heavy (non-hydrogen) atoms. The van der Waals surface area contributed by atoms with Crippen molar-refractivity contribution in [2.24, 2.45) is 5.73 Å². The predicted molar refractivity (Wildman–Crippen MR) is 81.9 cm³/mol. The molecule has 1 aromatic heterocycles. The number of hydrogen-bond donors (Lipinski definition) is 1. The lowest BCUT2D eigenvalue weighted by Crippen LogP contribution is -2.48. The van der Waals surface area contributed by atoms with Gasteiger partial charge in [0.15, 0.2) is 5.82 Å². The smallest absolute Gasteiger partial charge is 0.232 e. The van der Waals surface area contributed by atoms with E-state index in [1.807, 2.05) is 0 Å². The highest BCUT2D eigenvalue weighted by atomic mass is 35.5. The average Bonchev–Trinajstić information content (AvgIpc) is 2.77. The molecule has 0 saturated carbocycles. The number of hydrogen-bond acceptors (Lipinski definition) is 5. The molecular weight excluding hydrogens is 276 g/mol. The van der Waals surface area contributed by atoms with Crippen LogP contribution in [-0.2, 0) is 12.0 Å². The molecule has 116 valence electrons. The van der Waals surface area contributed by atoms with E-state index in [4.69, 9.17) is 10.3 Å². The SMILES string of the molecule is CC(N)C1CCCCN1Cc1noc(C(C)(C)C)n1.Cl. The van der Waals surface area contributed by atoms with E-state index in [0.717, 1.165) is 18.9 Å². The lowest BCUT2D eigenvalue weighted by Gasteiger charge is -2.37. The third-order valence-corrected chi connectivity index (χ3v) is 3.73. The second-order valence-corrected chi connectivity index (χ2v) is 6.66. The molecule has 1 fully saturated rings. The minimum Gasteiger partial charge on any atom is -0.339 e. The fourth-order valence-electron chi connectivity index (χ4n) is 2.61. The predicted octanol–water partition coefficient (Wildman–Crippen LogP) is 2.49. The Bertz CT molecular complexity index is 414. The highest BCUT2D eigenvalue weighted by Gasteiger charge is 2.28. The zero-order chi connectivity index (χ0) is 14.0. The van der Waals surface area contributed by atoms with Crippen molar-refractivity contribution in [3.63, 3.8) is 0 Å². The summed E-state index contributed by atoms with van der Waals surface area (Å²) in [7, 11) is 0. The van der Waals surface area contributed by atoms with Gasteiger partial charge < -0.3 is 10.3 Å². The first-order valence-corrected chi connectivity index (χ1v) is 7.20. The zero-order valence-corrected chi connectivity index (χ0v) is 13.7. The van der Waals surface area contributed by atoms with Crippen molar-refractivity contribution in [3.05, 3.63) is 11.7 Å². The van der Waals surface area contributed by atoms with Gasteiger partial charge in [-0.1, -0.05) is 32.3 Å². The molecule has 0 amide bonds. The van der Waals surface area contributed by atoms with E-state index in [2.05, 4.69) is 42.7 Å². The van der Waals surface area contributed by atoms with Gasteiger partial charge in [0.2, 0.25) is 5.89 Å². The Morgan fingerprint density at radius 3 is 2.65 bits per heavy atom.